The predicted octanol–water partition coefficient (Wildman–Crippen LogP) is 4.17. The Bertz CT molecular complexity index is 886. The molecule has 1 atom stereocenters. The lowest BCUT2D eigenvalue weighted by Gasteiger charge is -2.17. The number of carbonyl (C=O) groups is 2. The van der Waals surface area contributed by atoms with Crippen LogP contribution in [0.15, 0.2) is 17.7 Å². The van der Waals surface area contributed by atoms with Gasteiger partial charge in [0.25, 0.3) is 5.91 Å². The van der Waals surface area contributed by atoms with Crippen molar-refractivity contribution in [2.45, 2.75) is 53.1 Å². The molecule has 0 fully saturated rings. The number of benzene rings is 1. The van der Waals surface area contributed by atoms with Gasteiger partial charge in [-0.25, -0.2) is 4.79 Å². The normalized spacial score (nSPS) is 11.9. The summed E-state index contributed by atoms with van der Waals surface area (Å²) < 4.78 is 10.2. The van der Waals surface area contributed by atoms with Crippen LogP contribution in [0.1, 0.15) is 52.5 Å². The Labute approximate surface area is 180 Å². The zero-order chi connectivity index (χ0) is 23.6. The molecule has 1 N–H and O–H groups in total. The molecule has 10 heteroatoms. The van der Waals surface area contributed by atoms with Crippen LogP contribution in [0.4, 0.5) is 10.5 Å². The maximum absolute atomic E-state index is 12.5. The van der Waals surface area contributed by atoms with Crippen molar-refractivity contribution in [1.82, 2.24) is 4.90 Å². The molecule has 1 rings (SSSR count). The van der Waals surface area contributed by atoms with Gasteiger partial charge in [-0.15, -0.1) is 0 Å². The number of carbonyl (C=O) groups excluding carboxylic acids is 2. The molecule has 1 amide bonds. The number of nitro groups is 1. The lowest BCUT2D eigenvalue weighted by Crippen LogP contribution is -2.31. The van der Waals surface area contributed by atoms with Gasteiger partial charge in [0.2, 0.25) is 5.75 Å². The lowest BCUT2D eigenvalue weighted by molar-refractivity contribution is -0.385. The minimum atomic E-state index is -1.12. The minimum Gasteiger partial charge on any atom is -0.499 e. The van der Waals surface area contributed by atoms with Crippen molar-refractivity contribution >= 4 is 23.8 Å². The summed E-state index contributed by atoms with van der Waals surface area (Å²) in [6.45, 7) is 8.01. The van der Waals surface area contributed by atoms with E-state index in [0.717, 1.165) is 24.6 Å². The van der Waals surface area contributed by atoms with Gasteiger partial charge in [-0.05, 0) is 44.4 Å². The first-order valence-corrected chi connectivity index (χ1v) is 10.0. The zero-order valence-electron chi connectivity index (χ0n) is 18.1. The molecule has 0 aliphatic heterocycles. The molecule has 1 aromatic rings. The fourth-order valence-electron chi connectivity index (χ4n) is 2.82. The second kappa shape index (κ2) is 12.2. The van der Waals surface area contributed by atoms with Crippen molar-refractivity contribution in [3.8, 4) is 17.6 Å². The summed E-state index contributed by atoms with van der Waals surface area (Å²) in [5.41, 5.74) is -0.971. The van der Waals surface area contributed by atoms with E-state index in [1.807, 2.05) is 13.8 Å². The Hall–Kier alpha value is -3.61. The largest absolute Gasteiger partial charge is 0.514 e. The highest BCUT2D eigenvalue weighted by molar-refractivity contribution is 6.01. The number of nitro benzene ring substituents is 1. The molecule has 168 valence electrons. The van der Waals surface area contributed by atoms with E-state index in [1.165, 1.54) is 4.90 Å². The molecule has 1 aromatic carbocycles. The second-order valence-corrected chi connectivity index (χ2v) is 6.58. The highest BCUT2D eigenvalue weighted by atomic mass is 16.7. The number of ether oxygens (including phenoxy) is 2. The molecule has 1 unspecified atom stereocenters. The van der Waals surface area contributed by atoms with E-state index in [0.29, 0.717) is 25.9 Å². The number of phenolic OH excluding ortho intramolecular Hbond substituents is 1. The molecule has 31 heavy (non-hydrogen) atoms. The fourth-order valence-corrected chi connectivity index (χ4v) is 2.82. The third-order valence-electron chi connectivity index (χ3n) is 4.51. The number of aromatic hydroxyl groups is 1. The quantitative estimate of drug-likeness (QED) is 0.145. The molecule has 0 bridgehead atoms. The summed E-state index contributed by atoms with van der Waals surface area (Å²) in [4.78, 5) is 36.4. The summed E-state index contributed by atoms with van der Waals surface area (Å²) >= 11 is 0. The first-order valence-electron chi connectivity index (χ1n) is 10.0. The van der Waals surface area contributed by atoms with Gasteiger partial charge in [-0.1, -0.05) is 20.3 Å². The van der Waals surface area contributed by atoms with Crippen molar-refractivity contribution in [3.63, 3.8) is 0 Å². The van der Waals surface area contributed by atoms with Crippen LogP contribution in [0.2, 0.25) is 0 Å². The predicted molar refractivity (Wildman–Crippen MR) is 112 cm³/mol. The third kappa shape index (κ3) is 6.99. The van der Waals surface area contributed by atoms with Crippen molar-refractivity contribution in [1.29, 1.82) is 5.26 Å². The van der Waals surface area contributed by atoms with Gasteiger partial charge in [0.1, 0.15) is 17.7 Å². The Morgan fingerprint density at radius 3 is 2.42 bits per heavy atom. The molecule has 0 heterocycles. The standard InChI is InChI=1S/C21H27N3O7/c1-5-9-16(6-2)30-21(27)31-18-12-14(11-17(19(18)25)24(28)29)10-15(13-22)20(26)23(7-3)8-4/h10-12,16,25H,5-9H2,1-4H3. The van der Waals surface area contributed by atoms with Crippen LogP contribution in [0.25, 0.3) is 6.08 Å². The van der Waals surface area contributed by atoms with Crippen molar-refractivity contribution < 1.29 is 29.1 Å². The number of phenols is 1. The number of nitrogens with zero attached hydrogens (tertiary/aromatic N) is 3. The Morgan fingerprint density at radius 1 is 1.29 bits per heavy atom. The van der Waals surface area contributed by atoms with E-state index in [9.17, 15) is 30.1 Å². The SMILES string of the molecule is CCCC(CC)OC(=O)Oc1cc(C=C(C#N)C(=O)N(CC)CC)cc([N+](=O)[O-])c1O. The molecule has 0 spiro atoms. The molecule has 0 aliphatic rings. The highest BCUT2D eigenvalue weighted by Crippen LogP contribution is 2.38. The number of nitriles is 1. The van der Waals surface area contributed by atoms with Gasteiger partial charge < -0.3 is 19.5 Å². The van der Waals surface area contributed by atoms with Gasteiger partial charge in [0.05, 0.1) is 4.92 Å². The topological polar surface area (TPSA) is 143 Å². The Morgan fingerprint density at radius 2 is 1.94 bits per heavy atom. The molecule has 10 nitrogen and oxygen atoms in total. The average molecular weight is 433 g/mol. The monoisotopic (exact) mass is 433 g/mol. The number of rotatable bonds is 10. The first-order chi connectivity index (χ1) is 14.7. The Balaban J connectivity index is 3.34. The third-order valence-corrected chi connectivity index (χ3v) is 4.51. The van der Waals surface area contributed by atoms with Crippen molar-refractivity contribution in [3.05, 3.63) is 33.4 Å². The molecular formula is C21H27N3O7. The van der Waals surface area contributed by atoms with Crippen LogP contribution in [-0.4, -0.2) is 46.2 Å². The van der Waals surface area contributed by atoms with Crippen LogP contribution < -0.4 is 4.74 Å². The van der Waals surface area contributed by atoms with E-state index in [1.54, 1.807) is 19.9 Å². The van der Waals surface area contributed by atoms with Crippen molar-refractivity contribution in [2.75, 3.05) is 13.1 Å². The Kier molecular flexibility index (Phi) is 9.98. The summed E-state index contributed by atoms with van der Waals surface area (Å²) in [6.07, 6.45) is 1.56. The molecule has 0 saturated heterocycles. The van der Waals surface area contributed by atoms with Gasteiger partial charge in [-0.3, -0.25) is 14.9 Å². The molecule has 0 saturated carbocycles. The maximum Gasteiger partial charge on any atom is 0.514 e. The molecule has 0 aromatic heterocycles. The first kappa shape index (κ1) is 25.4. The van der Waals surface area contributed by atoms with E-state index < -0.39 is 40.3 Å². The summed E-state index contributed by atoms with van der Waals surface area (Å²) in [5.74, 6) is -1.92. The van der Waals surface area contributed by atoms with E-state index >= 15 is 0 Å². The molecule has 0 aliphatic carbocycles. The number of likely N-dealkylation sites (N-methyl/N-ethyl adjacent to an activating group) is 1. The lowest BCUT2D eigenvalue weighted by atomic mass is 10.1. The number of hydrogen-bond donors (Lipinski definition) is 1. The van der Waals surface area contributed by atoms with E-state index in [4.69, 9.17) is 9.47 Å². The molecular weight excluding hydrogens is 406 g/mol. The van der Waals surface area contributed by atoms with Crippen LogP contribution >= 0.6 is 0 Å². The van der Waals surface area contributed by atoms with Gasteiger partial charge in [-0.2, -0.15) is 5.26 Å². The van der Waals surface area contributed by atoms with Gasteiger partial charge in [0.15, 0.2) is 5.75 Å². The van der Waals surface area contributed by atoms with Crippen molar-refractivity contribution in [2.24, 2.45) is 0 Å². The zero-order valence-corrected chi connectivity index (χ0v) is 18.1. The fraction of sp³-hybridized carbons (Fsp3) is 0.476. The summed E-state index contributed by atoms with van der Waals surface area (Å²) in [5, 5.41) is 30.8. The summed E-state index contributed by atoms with van der Waals surface area (Å²) in [6, 6.07) is 3.88. The van der Waals surface area contributed by atoms with E-state index in [-0.39, 0.29) is 11.1 Å². The van der Waals surface area contributed by atoms with Crippen LogP contribution in [-0.2, 0) is 9.53 Å². The van der Waals surface area contributed by atoms with Crippen LogP contribution in [0.3, 0.4) is 0 Å². The van der Waals surface area contributed by atoms with Gasteiger partial charge >= 0.3 is 11.8 Å². The van der Waals surface area contributed by atoms with Gasteiger partial charge in [0, 0.05) is 19.2 Å². The van der Waals surface area contributed by atoms with Crippen LogP contribution in [0, 0.1) is 21.4 Å². The highest BCUT2D eigenvalue weighted by Gasteiger charge is 2.24. The number of amides is 1. The average Bonchev–Trinajstić information content (AvgIpc) is 2.74. The second-order valence-electron chi connectivity index (χ2n) is 6.58. The number of hydrogen-bond acceptors (Lipinski definition) is 8. The van der Waals surface area contributed by atoms with Crippen LogP contribution in [0.5, 0.6) is 11.5 Å². The minimum absolute atomic E-state index is 0.0324. The summed E-state index contributed by atoms with van der Waals surface area (Å²) in [7, 11) is 0. The smallest absolute Gasteiger partial charge is 0.499 e. The maximum atomic E-state index is 12.5. The molecule has 0 radical (unpaired) electrons. The van der Waals surface area contributed by atoms with E-state index in [2.05, 4.69) is 0 Å².